The average Bonchev–Trinajstić information content (AvgIpc) is 3.15. The van der Waals surface area contributed by atoms with Gasteiger partial charge in [0.25, 0.3) is 0 Å². The lowest BCUT2D eigenvalue weighted by Crippen LogP contribution is -2.48. The quantitative estimate of drug-likeness (QED) is 0.671. The van der Waals surface area contributed by atoms with E-state index in [0.29, 0.717) is 28.9 Å². The molecule has 1 aromatic carbocycles. The van der Waals surface area contributed by atoms with Crippen LogP contribution in [0.5, 0.6) is 5.75 Å². The summed E-state index contributed by atoms with van der Waals surface area (Å²) in [4.78, 5) is 19.0. The predicted octanol–water partition coefficient (Wildman–Crippen LogP) is 2.01. The smallest absolute Gasteiger partial charge is 0.309 e. The van der Waals surface area contributed by atoms with Crippen LogP contribution in [0.4, 0.5) is 5.82 Å². The molecule has 1 amide bonds. The molecule has 0 unspecified atom stereocenters. The van der Waals surface area contributed by atoms with Crippen molar-refractivity contribution in [1.82, 2.24) is 20.5 Å². The molecule has 4 rings (SSSR count). The minimum Gasteiger partial charge on any atom is -0.487 e. The Balaban J connectivity index is 1.45. The van der Waals surface area contributed by atoms with Gasteiger partial charge in [0.05, 0.1) is 6.42 Å². The Labute approximate surface area is 166 Å². The van der Waals surface area contributed by atoms with Crippen LogP contribution in [0.3, 0.4) is 0 Å². The molecule has 1 atom stereocenters. The highest BCUT2D eigenvalue weighted by Crippen LogP contribution is 2.27. The first kappa shape index (κ1) is 18.1. The number of pyridine rings is 1. The normalized spacial score (nSPS) is 16.1. The first-order chi connectivity index (χ1) is 13.6. The number of nitrogens with one attached hydrogen (secondary N) is 1. The fraction of sp³-hybridized carbons (Fsp3) is 0.211. The summed E-state index contributed by atoms with van der Waals surface area (Å²) < 4.78 is 11.3. The van der Waals surface area contributed by atoms with E-state index in [4.69, 9.17) is 21.4 Å². The Kier molecular flexibility index (Phi) is 4.98. The van der Waals surface area contributed by atoms with Gasteiger partial charge in [-0.25, -0.2) is 4.98 Å². The van der Waals surface area contributed by atoms with Gasteiger partial charge in [0.1, 0.15) is 17.6 Å². The van der Waals surface area contributed by atoms with E-state index in [2.05, 4.69) is 20.5 Å². The molecule has 0 aliphatic carbocycles. The molecule has 0 spiro atoms. The zero-order valence-electron chi connectivity index (χ0n) is 15.0. The van der Waals surface area contributed by atoms with E-state index in [-0.39, 0.29) is 12.5 Å². The van der Waals surface area contributed by atoms with Gasteiger partial charge in [-0.1, -0.05) is 42.5 Å². The molecule has 1 N–H and O–H groups in total. The number of likely N-dealkylation sites (N-methyl/N-ethyl adjacent to an activating group) is 1. The fourth-order valence-electron chi connectivity index (χ4n) is 2.84. The van der Waals surface area contributed by atoms with E-state index in [1.54, 1.807) is 30.3 Å². The second-order valence-corrected chi connectivity index (χ2v) is 6.64. The third-order valence-electron chi connectivity index (χ3n) is 4.27. The van der Waals surface area contributed by atoms with Gasteiger partial charge >= 0.3 is 11.8 Å². The van der Waals surface area contributed by atoms with Gasteiger partial charge < -0.3 is 19.4 Å². The highest BCUT2D eigenvalue weighted by atomic mass is 32.1. The third-order valence-corrected chi connectivity index (χ3v) is 4.83. The zero-order valence-corrected chi connectivity index (χ0v) is 15.8. The van der Waals surface area contributed by atoms with Crippen molar-refractivity contribution < 1.29 is 13.9 Å². The van der Waals surface area contributed by atoms with Gasteiger partial charge in [-0.15, -0.1) is 10.2 Å². The van der Waals surface area contributed by atoms with Crippen molar-refractivity contribution >= 4 is 28.9 Å². The summed E-state index contributed by atoms with van der Waals surface area (Å²) in [6, 6.07) is 12.7. The molecule has 1 aliphatic heterocycles. The number of hydrogen-bond donors (Lipinski definition) is 1. The van der Waals surface area contributed by atoms with Gasteiger partial charge in [0.2, 0.25) is 5.89 Å². The van der Waals surface area contributed by atoms with Crippen LogP contribution in [0.15, 0.2) is 53.1 Å². The van der Waals surface area contributed by atoms with Gasteiger partial charge in [0.15, 0.2) is 11.6 Å². The van der Waals surface area contributed by atoms with Crippen molar-refractivity contribution in [3.63, 3.8) is 0 Å². The maximum absolute atomic E-state index is 12.6. The Morgan fingerprint density at radius 3 is 2.89 bits per heavy atom. The van der Waals surface area contributed by atoms with Crippen LogP contribution in [-0.4, -0.2) is 45.8 Å². The first-order valence-electron chi connectivity index (χ1n) is 8.64. The molecular weight excluding hydrogens is 378 g/mol. The molecule has 1 aliphatic rings. The number of nitrogens with zero attached hydrogens (tertiary/aromatic N) is 4. The average molecular weight is 395 g/mol. The Hall–Kier alpha value is -3.33. The van der Waals surface area contributed by atoms with E-state index < -0.39 is 11.9 Å². The number of amides is 1. The highest BCUT2D eigenvalue weighted by molar-refractivity contribution is 7.80. The molecule has 8 nitrogen and oxygen atoms in total. The van der Waals surface area contributed by atoms with Crippen molar-refractivity contribution in [1.29, 1.82) is 0 Å². The standard InChI is InChI=1S/C19H17N5O3S/c1-24-16-14(8-5-9-20-16)26-11-13(19(24)28)21-17(25)18-23-22-15(27-18)10-12-6-3-2-4-7-12/h2-9,13H,10-11H2,1H3,(H,21,25)/t13-/m0/s1. The summed E-state index contributed by atoms with van der Waals surface area (Å²) >= 11 is 5.50. The van der Waals surface area contributed by atoms with Gasteiger partial charge in [-0.2, -0.15) is 0 Å². The number of benzene rings is 1. The van der Waals surface area contributed by atoms with Crippen LogP contribution < -0.4 is 15.0 Å². The fourth-order valence-corrected chi connectivity index (χ4v) is 3.05. The maximum atomic E-state index is 12.6. The van der Waals surface area contributed by atoms with Gasteiger partial charge in [-0.05, 0) is 17.7 Å². The number of ether oxygens (including phenoxy) is 1. The number of fused-ring (bicyclic) bond motifs is 1. The van der Waals surface area contributed by atoms with E-state index in [1.165, 1.54) is 0 Å². The SMILES string of the molecule is CN1C(=S)[C@@H](NC(=O)c2nnc(Cc3ccccc3)o2)COc2cccnc21. The van der Waals surface area contributed by atoms with E-state index in [1.807, 2.05) is 30.3 Å². The summed E-state index contributed by atoms with van der Waals surface area (Å²) in [7, 11) is 1.78. The number of carbonyl (C=O) groups excluding carboxylic acids is 1. The largest absolute Gasteiger partial charge is 0.487 e. The highest BCUT2D eigenvalue weighted by Gasteiger charge is 2.29. The van der Waals surface area contributed by atoms with Crippen LogP contribution in [0, 0.1) is 0 Å². The summed E-state index contributed by atoms with van der Waals surface area (Å²) in [6.45, 7) is 0.179. The van der Waals surface area contributed by atoms with E-state index in [9.17, 15) is 4.79 Å². The first-order valence-corrected chi connectivity index (χ1v) is 9.05. The zero-order chi connectivity index (χ0) is 19.5. The minimum atomic E-state index is -0.536. The summed E-state index contributed by atoms with van der Waals surface area (Å²) in [6.07, 6.45) is 2.11. The van der Waals surface area contributed by atoms with E-state index in [0.717, 1.165) is 5.56 Å². The van der Waals surface area contributed by atoms with Crippen LogP contribution in [0.1, 0.15) is 22.1 Å². The Bertz CT molecular complexity index is 1010. The van der Waals surface area contributed by atoms with Crippen LogP contribution in [0.25, 0.3) is 0 Å². The summed E-state index contributed by atoms with van der Waals surface area (Å²) in [5, 5.41) is 10.6. The molecule has 3 aromatic rings. The molecule has 9 heteroatoms. The lowest BCUT2D eigenvalue weighted by molar-refractivity contribution is 0.0901. The van der Waals surface area contributed by atoms with Gasteiger partial charge in [0, 0.05) is 13.2 Å². The second kappa shape index (κ2) is 7.73. The lowest BCUT2D eigenvalue weighted by Gasteiger charge is -2.22. The summed E-state index contributed by atoms with van der Waals surface area (Å²) in [5.74, 6) is 0.954. The molecule has 0 saturated heterocycles. The molecule has 0 fully saturated rings. The molecular formula is C19H17N5O3S. The maximum Gasteiger partial charge on any atom is 0.309 e. The molecule has 0 saturated carbocycles. The summed E-state index contributed by atoms with van der Waals surface area (Å²) in [5.41, 5.74) is 1.02. The number of hydrogen-bond acceptors (Lipinski definition) is 7. The molecule has 28 heavy (non-hydrogen) atoms. The number of aromatic nitrogens is 3. The number of carbonyl (C=O) groups is 1. The second-order valence-electron chi connectivity index (χ2n) is 6.22. The molecule has 2 aromatic heterocycles. The lowest BCUT2D eigenvalue weighted by atomic mass is 10.2. The molecule has 142 valence electrons. The minimum absolute atomic E-state index is 0.115. The van der Waals surface area contributed by atoms with Crippen molar-refractivity contribution in [2.75, 3.05) is 18.6 Å². The van der Waals surface area contributed by atoms with Crippen LogP contribution in [0.2, 0.25) is 0 Å². The number of anilines is 1. The molecule has 0 radical (unpaired) electrons. The monoisotopic (exact) mass is 395 g/mol. The molecule has 3 heterocycles. The van der Waals surface area contributed by atoms with Crippen molar-refractivity contribution in [2.24, 2.45) is 0 Å². The number of thiocarbonyl (C=S) groups is 1. The van der Waals surface area contributed by atoms with Crippen molar-refractivity contribution in [3.05, 3.63) is 66.0 Å². The Morgan fingerprint density at radius 2 is 2.07 bits per heavy atom. The van der Waals surface area contributed by atoms with E-state index >= 15 is 0 Å². The van der Waals surface area contributed by atoms with Crippen LogP contribution in [-0.2, 0) is 6.42 Å². The predicted molar refractivity (Wildman–Crippen MR) is 106 cm³/mol. The van der Waals surface area contributed by atoms with Crippen molar-refractivity contribution in [2.45, 2.75) is 12.5 Å². The van der Waals surface area contributed by atoms with Gasteiger partial charge in [-0.3, -0.25) is 4.79 Å². The van der Waals surface area contributed by atoms with Crippen LogP contribution >= 0.6 is 12.2 Å². The van der Waals surface area contributed by atoms with Crippen molar-refractivity contribution in [3.8, 4) is 5.75 Å². The molecule has 0 bridgehead atoms. The topological polar surface area (TPSA) is 93.4 Å². The third kappa shape index (κ3) is 3.70. The number of rotatable bonds is 4. The Morgan fingerprint density at radius 1 is 1.25 bits per heavy atom.